The van der Waals surface area contributed by atoms with E-state index in [0.717, 1.165) is 94.8 Å². The first-order valence-electron chi connectivity index (χ1n) is 53.8. The van der Waals surface area contributed by atoms with Crippen molar-refractivity contribution in [2.75, 3.05) is 39.6 Å². The van der Waals surface area contributed by atoms with Crippen LogP contribution in [0.2, 0.25) is 0 Å². The van der Waals surface area contributed by atoms with Gasteiger partial charge in [-0.1, -0.05) is 413 Å². The Balaban J connectivity index is 1.04. The van der Waals surface area contributed by atoms with E-state index in [1.807, 2.05) is 0 Å². The molecular weight excluding hydrogens is 1700 g/mol. The Morgan fingerprint density at radius 3 is 0.484 bits per heavy atom. The van der Waals surface area contributed by atoms with Crippen molar-refractivity contribution in [1.82, 2.24) is 0 Å². The summed E-state index contributed by atoms with van der Waals surface area (Å²) in [4.78, 5) is 0. The Morgan fingerprint density at radius 1 is 0.148 bits per heavy atom. The minimum atomic E-state index is 0.636. The third kappa shape index (κ3) is 26.5. The summed E-state index contributed by atoms with van der Waals surface area (Å²) in [6, 6.07) is 38.6. The molecule has 0 fully saturated rings. The van der Waals surface area contributed by atoms with Gasteiger partial charge in [-0.15, -0.1) is 0 Å². The maximum absolute atomic E-state index is 7.43. The summed E-state index contributed by atoms with van der Waals surface area (Å²) < 4.78 is 45.5. The molecule has 0 N–H and O–H groups in total. The van der Waals surface area contributed by atoms with Crippen LogP contribution in [0.4, 0.5) is 0 Å². The normalized spacial score (nSPS) is 12.2. The second-order valence-corrected chi connectivity index (χ2v) is 40.9. The first kappa shape index (κ1) is 99.0. The zero-order valence-electron chi connectivity index (χ0n) is 81.1. The molecule has 13 aromatic rings. The molecule has 0 heterocycles. The average Bonchev–Trinajstić information content (AvgIpc) is 0.645. The van der Waals surface area contributed by atoms with Crippen LogP contribution in [0.25, 0.3) is 129 Å². The quantitative estimate of drug-likeness (QED) is 0.0215. The third-order valence-electron chi connectivity index (χ3n) is 28.9. The second-order valence-electron chi connectivity index (χ2n) is 39.2. The SMILES string of the molecule is CCCCCCCCCCCCOc1ccc2c(c1)c1c3cc(Br)c(Br)cc3c3c4cc(OCCCCCCCCCCCC)ccc4c4c5ccc(OCCCCCCCCCCCC)cc5c5c6cc(OCCCCCCCCCCCC)c(OCCCCCCCCCCCC)cc6c6c7cc(OCCCCCCCCCCCC)ccc7c2c2c1c3c4c5c62. The molecule has 0 spiro atoms. The maximum atomic E-state index is 7.43. The lowest BCUT2D eigenvalue weighted by molar-refractivity contribution is 0.259. The topological polar surface area (TPSA) is 55.4 Å². The van der Waals surface area contributed by atoms with E-state index in [-0.39, 0.29) is 0 Å². The van der Waals surface area contributed by atoms with Gasteiger partial charge in [0.25, 0.3) is 0 Å². The van der Waals surface area contributed by atoms with E-state index in [4.69, 9.17) is 28.4 Å². The van der Waals surface area contributed by atoms with Crippen LogP contribution in [-0.2, 0) is 0 Å². The largest absolute Gasteiger partial charge is 0.494 e. The average molecular weight is 1860 g/mol. The van der Waals surface area contributed by atoms with E-state index in [2.05, 4.69) is 170 Å². The van der Waals surface area contributed by atoms with Gasteiger partial charge in [0.05, 0.1) is 39.6 Å². The molecule has 8 heteroatoms. The molecule has 6 nitrogen and oxygen atoms in total. The minimum Gasteiger partial charge on any atom is -0.494 e. The molecule has 0 atom stereocenters. The van der Waals surface area contributed by atoms with Crippen molar-refractivity contribution in [3.63, 3.8) is 0 Å². The van der Waals surface area contributed by atoms with Crippen LogP contribution in [0.1, 0.15) is 427 Å². The molecule has 0 aromatic heterocycles. The van der Waals surface area contributed by atoms with Crippen LogP contribution in [0, 0.1) is 0 Å². The molecule has 0 saturated heterocycles. The molecule has 0 aliphatic rings. The summed E-state index contributed by atoms with van der Waals surface area (Å²) in [5.74, 6) is 5.41. The summed E-state index contributed by atoms with van der Waals surface area (Å²) >= 11 is 8.44. The summed E-state index contributed by atoms with van der Waals surface area (Å²) in [5, 5.41) is 30.1. The first-order valence-corrected chi connectivity index (χ1v) is 55.4. The van der Waals surface area contributed by atoms with Gasteiger partial charge in [0, 0.05) is 8.95 Å². The predicted octanol–water partition coefficient (Wildman–Crippen LogP) is 41.2. The Labute approximate surface area is 790 Å². The number of unbranched alkanes of at least 4 members (excludes halogenated alkanes) is 54. The molecule has 0 aliphatic carbocycles. The number of ether oxygens (including phenoxy) is 6. The van der Waals surface area contributed by atoms with Gasteiger partial charge >= 0.3 is 0 Å². The fourth-order valence-electron chi connectivity index (χ4n) is 21.7. The molecule has 0 aliphatic heterocycles. The number of rotatable bonds is 72. The third-order valence-corrected chi connectivity index (χ3v) is 30.8. The highest BCUT2D eigenvalue weighted by atomic mass is 79.9. The van der Waals surface area contributed by atoms with Crippen molar-refractivity contribution in [2.45, 2.75) is 427 Å². The van der Waals surface area contributed by atoms with Crippen LogP contribution < -0.4 is 28.4 Å². The molecule has 696 valence electrons. The van der Waals surface area contributed by atoms with E-state index in [1.54, 1.807) is 0 Å². The zero-order chi connectivity index (χ0) is 88.7. The number of hydrogen-bond acceptors (Lipinski definition) is 6. The highest BCUT2D eigenvalue weighted by Crippen LogP contribution is 2.61. The van der Waals surface area contributed by atoms with E-state index in [9.17, 15) is 0 Å². The molecule has 13 rings (SSSR count). The van der Waals surface area contributed by atoms with Gasteiger partial charge in [-0.25, -0.2) is 0 Å². The first-order chi connectivity index (χ1) is 63.3. The van der Waals surface area contributed by atoms with Crippen molar-refractivity contribution >= 4 is 161 Å². The number of fused-ring (bicyclic) bond motifs is 18. The van der Waals surface area contributed by atoms with Gasteiger partial charge in [0.2, 0.25) is 0 Å². The Bertz CT molecular complexity index is 5090. The van der Waals surface area contributed by atoms with Crippen molar-refractivity contribution in [1.29, 1.82) is 0 Å². The molecular formula is C120H166Br2O6. The molecule has 0 unspecified atom stereocenters. The fourth-order valence-corrected chi connectivity index (χ4v) is 22.4. The van der Waals surface area contributed by atoms with E-state index >= 15 is 0 Å². The Hall–Kier alpha value is -6.48. The van der Waals surface area contributed by atoms with Crippen molar-refractivity contribution in [3.05, 3.63) is 106 Å². The van der Waals surface area contributed by atoms with Crippen LogP contribution >= 0.6 is 31.9 Å². The van der Waals surface area contributed by atoms with Gasteiger partial charge in [-0.2, -0.15) is 0 Å². The van der Waals surface area contributed by atoms with Crippen molar-refractivity contribution in [2.24, 2.45) is 0 Å². The molecule has 0 radical (unpaired) electrons. The molecule has 128 heavy (non-hydrogen) atoms. The number of benzene rings is 13. The zero-order valence-corrected chi connectivity index (χ0v) is 84.3. The maximum Gasteiger partial charge on any atom is 0.161 e. The monoisotopic (exact) mass is 1860 g/mol. The van der Waals surface area contributed by atoms with Crippen molar-refractivity contribution in [3.8, 4) is 34.5 Å². The van der Waals surface area contributed by atoms with E-state index < -0.39 is 0 Å². The van der Waals surface area contributed by atoms with E-state index in [1.165, 1.54) is 463 Å². The lowest BCUT2D eigenvalue weighted by Crippen LogP contribution is -2.04. The van der Waals surface area contributed by atoms with Crippen LogP contribution in [0.5, 0.6) is 34.5 Å². The van der Waals surface area contributed by atoms with Gasteiger partial charge in [-0.3, -0.25) is 0 Å². The van der Waals surface area contributed by atoms with Crippen LogP contribution in [0.3, 0.4) is 0 Å². The second kappa shape index (κ2) is 54.6. The number of hydrogen-bond donors (Lipinski definition) is 0. The Kier molecular flexibility index (Phi) is 42.3. The van der Waals surface area contributed by atoms with Crippen LogP contribution in [0.15, 0.2) is 106 Å². The Morgan fingerprint density at radius 2 is 0.297 bits per heavy atom. The van der Waals surface area contributed by atoms with E-state index in [0.29, 0.717) is 39.6 Å². The highest BCUT2D eigenvalue weighted by Gasteiger charge is 2.33. The van der Waals surface area contributed by atoms with Gasteiger partial charge in [-0.05, 0) is 272 Å². The van der Waals surface area contributed by atoms with Gasteiger partial charge in [0.1, 0.15) is 23.0 Å². The smallest absolute Gasteiger partial charge is 0.161 e. The lowest BCUT2D eigenvalue weighted by Gasteiger charge is -2.29. The minimum absolute atomic E-state index is 0.636. The van der Waals surface area contributed by atoms with Gasteiger partial charge < -0.3 is 28.4 Å². The molecule has 0 bridgehead atoms. The summed E-state index contributed by atoms with van der Waals surface area (Å²) in [6.07, 6.45) is 76.9. The molecule has 13 aromatic carbocycles. The standard InChI is InChI=1S/C120H166Br2O6/c1-7-13-19-25-31-37-43-49-55-61-75-123-89-67-71-93-97(81-89)111-101-85-105(121)106(122)86-102(101)112-98-82-90(124-76-62-56-50-44-38-32-26-20-14-8-2)68-72-94(98)110-96-74-70-92(126-78-64-58-52-46-40-34-28-22-16-10-4)84-100(96)114-104-88-108(128-80-66-60-54-48-42-36-30-24-18-12-6)107(127-79-65-59-53-47-41-35-29-23-17-11-5)87-103(104)113-99-83-91(125-77-63-57-51-45-39-33-27-21-15-9-3)69-73-95(99)109(93)115-117(111)118(112)116(110)120(114)119(113)115/h67-74,81-88H,7-66,75-80H2,1-6H3. The highest BCUT2D eigenvalue weighted by molar-refractivity contribution is 9.13. The lowest BCUT2D eigenvalue weighted by atomic mass is 9.74. The molecule has 0 amide bonds. The fraction of sp³-hybridized carbons (Fsp3) is 0.600. The van der Waals surface area contributed by atoms with Crippen molar-refractivity contribution < 1.29 is 28.4 Å². The summed E-state index contributed by atoms with van der Waals surface area (Å²) in [6.45, 7) is 17.9. The van der Waals surface area contributed by atoms with Crippen LogP contribution in [-0.4, -0.2) is 39.6 Å². The molecule has 0 saturated carbocycles. The predicted molar refractivity (Wildman–Crippen MR) is 570 cm³/mol. The number of halogens is 2. The summed E-state index contributed by atoms with van der Waals surface area (Å²) in [7, 11) is 0. The van der Waals surface area contributed by atoms with Gasteiger partial charge in [0.15, 0.2) is 11.5 Å². The summed E-state index contributed by atoms with van der Waals surface area (Å²) in [5.41, 5.74) is 0.